The maximum atomic E-state index is 10.5. The molecule has 0 radical (unpaired) electrons. The molecule has 0 atom stereocenters. The van der Waals surface area contributed by atoms with Gasteiger partial charge < -0.3 is 24.3 Å². The van der Waals surface area contributed by atoms with Gasteiger partial charge in [0, 0.05) is 5.56 Å². The molecule has 1 N–H and O–H groups in total. The Morgan fingerprint density at radius 3 is 2.62 bits per heavy atom. The first-order valence-electron chi connectivity index (χ1n) is 7.14. The third-order valence-electron chi connectivity index (χ3n) is 3.33. The van der Waals surface area contributed by atoms with Gasteiger partial charge in [0.25, 0.3) is 0 Å². The van der Waals surface area contributed by atoms with Crippen LogP contribution in [-0.2, 0) is 4.79 Å². The second-order valence-electron chi connectivity index (χ2n) is 4.59. The number of methoxy groups -OCH3 is 1. The fourth-order valence-corrected chi connectivity index (χ4v) is 2.04. The third kappa shape index (κ3) is 5.47. The minimum Gasteiger partial charge on any atom is -0.545 e. The fourth-order valence-electron chi connectivity index (χ4n) is 2.04. The maximum Gasteiger partial charge on any atom is 0.168 e. The molecule has 1 rings (SSSR count). The number of benzene rings is 1. The lowest BCUT2D eigenvalue weighted by molar-refractivity contribution is -0.896. The van der Waals surface area contributed by atoms with E-state index in [0.29, 0.717) is 23.7 Å². The lowest BCUT2D eigenvalue weighted by Gasteiger charge is -2.17. The number of aliphatic carboxylic acids is 1. The van der Waals surface area contributed by atoms with Gasteiger partial charge in [-0.1, -0.05) is 12.1 Å². The van der Waals surface area contributed by atoms with Gasteiger partial charge in [0.1, 0.15) is 13.2 Å². The van der Waals surface area contributed by atoms with E-state index in [4.69, 9.17) is 9.47 Å². The van der Waals surface area contributed by atoms with Crippen LogP contribution in [0.4, 0.5) is 0 Å². The summed E-state index contributed by atoms with van der Waals surface area (Å²) in [6.45, 7) is 7.79. The molecule has 0 amide bonds. The molecule has 0 saturated heterocycles. The molecule has 0 aliphatic rings. The predicted molar refractivity (Wildman–Crippen MR) is 79.4 cm³/mol. The summed E-state index contributed by atoms with van der Waals surface area (Å²) in [4.78, 5) is 12.0. The highest BCUT2D eigenvalue weighted by atomic mass is 16.5. The topological polar surface area (TPSA) is 63.0 Å². The Morgan fingerprint density at radius 2 is 2.05 bits per heavy atom. The molecule has 1 aromatic rings. The summed E-state index contributed by atoms with van der Waals surface area (Å²) in [5, 5.41) is 10.5. The van der Waals surface area contributed by atoms with Crippen LogP contribution in [0.15, 0.2) is 24.3 Å². The Hall–Kier alpha value is -2.01. The molecule has 0 saturated carbocycles. The van der Waals surface area contributed by atoms with Crippen molar-refractivity contribution in [1.29, 1.82) is 0 Å². The van der Waals surface area contributed by atoms with Crippen molar-refractivity contribution in [3.63, 3.8) is 0 Å². The lowest BCUT2D eigenvalue weighted by atomic mass is 10.1. The van der Waals surface area contributed by atoms with Crippen LogP contribution >= 0.6 is 0 Å². The van der Waals surface area contributed by atoms with Crippen LogP contribution in [0.3, 0.4) is 0 Å². The molecule has 21 heavy (non-hydrogen) atoms. The average molecular weight is 293 g/mol. The Bertz CT molecular complexity index is 481. The Labute approximate surface area is 125 Å². The number of hydrogen-bond acceptors (Lipinski definition) is 4. The molecule has 0 aliphatic carbocycles. The first-order valence-corrected chi connectivity index (χ1v) is 7.14. The van der Waals surface area contributed by atoms with E-state index >= 15 is 0 Å². The van der Waals surface area contributed by atoms with Gasteiger partial charge in [0.05, 0.1) is 26.2 Å². The lowest BCUT2D eigenvalue weighted by Crippen LogP contribution is -3.12. The van der Waals surface area contributed by atoms with Crippen LogP contribution < -0.4 is 19.5 Å². The molecule has 0 aromatic heterocycles. The minimum absolute atomic E-state index is 0.545. The van der Waals surface area contributed by atoms with Crippen molar-refractivity contribution < 1.29 is 24.3 Å². The number of likely N-dealkylation sites (N-methyl/N-ethyl adjacent to an activating group) is 1. The quantitative estimate of drug-likeness (QED) is 0.639. The van der Waals surface area contributed by atoms with E-state index in [1.807, 2.05) is 0 Å². The first-order chi connectivity index (χ1) is 10.1. The highest BCUT2D eigenvalue weighted by Gasteiger charge is 2.10. The number of carboxylic acid groups (broad SMARTS) is 1. The number of carbonyl (C=O) groups is 1. The van der Waals surface area contributed by atoms with Crippen molar-refractivity contribution in [3.05, 3.63) is 29.8 Å². The number of para-hydroxylation sites is 1. The molecule has 0 aliphatic heterocycles. The Balaban J connectivity index is 2.84. The summed E-state index contributed by atoms with van der Waals surface area (Å²) in [6, 6.07) is 5.35. The number of rotatable bonds is 9. The molecule has 5 heteroatoms. The average Bonchev–Trinajstić information content (AvgIpc) is 2.49. The van der Waals surface area contributed by atoms with Crippen LogP contribution in [0.25, 0.3) is 6.08 Å². The number of quaternary nitrogens is 1. The Kier molecular flexibility index (Phi) is 7.32. The molecule has 0 bridgehead atoms. The second kappa shape index (κ2) is 9.02. The number of carboxylic acids is 1. The largest absolute Gasteiger partial charge is 0.545 e. The van der Waals surface area contributed by atoms with Gasteiger partial charge in [-0.05, 0) is 32.1 Å². The van der Waals surface area contributed by atoms with E-state index in [9.17, 15) is 9.90 Å². The molecule has 0 fully saturated rings. The van der Waals surface area contributed by atoms with Gasteiger partial charge in [0.2, 0.25) is 0 Å². The van der Waals surface area contributed by atoms with Crippen molar-refractivity contribution in [2.45, 2.75) is 13.8 Å². The van der Waals surface area contributed by atoms with Crippen molar-refractivity contribution in [2.24, 2.45) is 0 Å². The molecular weight excluding hydrogens is 270 g/mol. The summed E-state index contributed by atoms with van der Waals surface area (Å²) in [5.74, 6) is -0.0922. The highest BCUT2D eigenvalue weighted by Crippen LogP contribution is 2.31. The normalized spacial score (nSPS) is 11.0. The molecular formula is C16H23NO4. The van der Waals surface area contributed by atoms with Gasteiger partial charge in [0.15, 0.2) is 11.5 Å². The minimum atomic E-state index is -1.24. The maximum absolute atomic E-state index is 10.5. The van der Waals surface area contributed by atoms with E-state index < -0.39 is 5.97 Å². The highest BCUT2D eigenvalue weighted by molar-refractivity contribution is 5.84. The smallest absolute Gasteiger partial charge is 0.168 e. The van der Waals surface area contributed by atoms with Crippen molar-refractivity contribution in [1.82, 2.24) is 0 Å². The number of hydrogen-bond donors (Lipinski definition) is 1. The van der Waals surface area contributed by atoms with Crippen LogP contribution in [0.1, 0.15) is 19.4 Å². The zero-order chi connectivity index (χ0) is 15.7. The van der Waals surface area contributed by atoms with Gasteiger partial charge in [-0.3, -0.25) is 0 Å². The summed E-state index contributed by atoms with van der Waals surface area (Å²) in [5.41, 5.74) is 0.660. The van der Waals surface area contributed by atoms with Crippen LogP contribution in [0.5, 0.6) is 11.5 Å². The van der Waals surface area contributed by atoms with Crippen LogP contribution in [-0.4, -0.2) is 39.3 Å². The molecule has 0 spiro atoms. The van der Waals surface area contributed by atoms with E-state index in [1.54, 1.807) is 25.3 Å². The van der Waals surface area contributed by atoms with Crippen LogP contribution in [0.2, 0.25) is 0 Å². The van der Waals surface area contributed by atoms with Gasteiger partial charge in [-0.2, -0.15) is 0 Å². The molecule has 0 heterocycles. The summed E-state index contributed by atoms with van der Waals surface area (Å²) >= 11 is 0. The number of nitrogens with one attached hydrogen (secondary N) is 1. The summed E-state index contributed by atoms with van der Waals surface area (Å²) < 4.78 is 11.1. The Morgan fingerprint density at radius 1 is 1.33 bits per heavy atom. The number of carbonyl (C=O) groups excluding carboxylic acids is 1. The fraction of sp³-hybridized carbons (Fsp3) is 0.438. The van der Waals surface area contributed by atoms with Crippen molar-refractivity contribution >= 4 is 12.0 Å². The van der Waals surface area contributed by atoms with E-state index in [0.717, 1.165) is 25.7 Å². The molecule has 116 valence electrons. The van der Waals surface area contributed by atoms with Crippen LogP contribution in [0, 0.1) is 0 Å². The summed E-state index contributed by atoms with van der Waals surface area (Å²) in [6.07, 6.45) is 2.44. The summed E-state index contributed by atoms with van der Waals surface area (Å²) in [7, 11) is 1.56. The van der Waals surface area contributed by atoms with E-state index in [1.165, 1.54) is 11.0 Å². The van der Waals surface area contributed by atoms with Crippen molar-refractivity contribution in [3.8, 4) is 11.5 Å². The third-order valence-corrected chi connectivity index (χ3v) is 3.33. The van der Waals surface area contributed by atoms with E-state index in [2.05, 4.69) is 13.8 Å². The SMILES string of the molecule is CC[NH+](CC)CCOc1c(/C=C/C(=O)[O-])cccc1OC. The number of ether oxygens (including phenoxy) is 2. The van der Waals surface area contributed by atoms with E-state index in [-0.39, 0.29) is 0 Å². The second-order valence-corrected chi connectivity index (χ2v) is 4.59. The zero-order valence-electron chi connectivity index (χ0n) is 12.8. The van der Waals surface area contributed by atoms with Crippen molar-refractivity contribution in [2.75, 3.05) is 33.4 Å². The standard InChI is InChI=1S/C16H23NO4/c1-4-17(5-2)11-12-21-16-13(9-10-15(18)19)7-6-8-14(16)20-3/h6-10H,4-5,11-12H2,1-3H3,(H,18,19)/b10-9+. The first kappa shape index (κ1) is 17.0. The van der Waals surface area contributed by atoms with Gasteiger partial charge in [-0.25, -0.2) is 0 Å². The monoisotopic (exact) mass is 293 g/mol. The predicted octanol–water partition coefficient (Wildman–Crippen LogP) is -0.238. The molecule has 5 nitrogen and oxygen atoms in total. The zero-order valence-corrected chi connectivity index (χ0v) is 12.8. The molecule has 0 unspecified atom stereocenters. The molecule has 1 aromatic carbocycles. The van der Waals surface area contributed by atoms with Gasteiger partial charge >= 0.3 is 0 Å². The van der Waals surface area contributed by atoms with Gasteiger partial charge in [-0.15, -0.1) is 0 Å².